The Morgan fingerprint density at radius 3 is 2.71 bits per heavy atom. The van der Waals surface area contributed by atoms with Gasteiger partial charge in [0.15, 0.2) is 0 Å². The van der Waals surface area contributed by atoms with Gasteiger partial charge in [0.2, 0.25) is 5.91 Å². The molecule has 0 saturated carbocycles. The van der Waals surface area contributed by atoms with Gasteiger partial charge in [-0.1, -0.05) is 30.3 Å². The van der Waals surface area contributed by atoms with E-state index in [0.29, 0.717) is 18.4 Å². The van der Waals surface area contributed by atoms with Crippen LogP contribution in [-0.4, -0.2) is 40.4 Å². The van der Waals surface area contributed by atoms with Crippen LogP contribution in [0.15, 0.2) is 36.4 Å². The van der Waals surface area contributed by atoms with Crippen LogP contribution in [0.5, 0.6) is 5.75 Å². The van der Waals surface area contributed by atoms with Crippen molar-refractivity contribution < 1.29 is 14.7 Å². The van der Waals surface area contributed by atoms with Crippen molar-refractivity contribution in [1.82, 2.24) is 10.2 Å². The lowest BCUT2D eigenvalue weighted by Crippen LogP contribution is -2.47. The number of carbonyl (C=O) groups is 2. The second kappa shape index (κ2) is 6.51. The first-order valence-corrected chi connectivity index (χ1v) is 8.31. The van der Waals surface area contributed by atoms with Crippen LogP contribution in [0.3, 0.4) is 0 Å². The topological polar surface area (TPSA) is 69.6 Å². The number of nitrogens with zero attached hydrogens (tertiary/aromatic N) is 1. The summed E-state index contributed by atoms with van der Waals surface area (Å²) in [6.45, 7) is 4.32. The molecule has 1 aliphatic rings. The molecule has 2 aromatic carbocycles. The maximum Gasteiger partial charge on any atom is 0.258 e. The molecular formula is C19H22N2O3. The molecule has 1 saturated heterocycles. The number of rotatable bonds is 3. The minimum atomic E-state index is -0.467. The quantitative estimate of drug-likeness (QED) is 0.911. The zero-order valence-corrected chi connectivity index (χ0v) is 14.0. The second-order valence-electron chi connectivity index (χ2n) is 6.50. The minimum absolute atomic E-state index is 0.0204. The molecule has 0 spiro atoms. The van der Waals surface area contributed by atoms with Gasteiger partial charge in [-0.3, -0.25) is 9.59 Å². The number of carbonyl (C=O) groups excluding carboxylic acids is 2. The maximum absolute atomic E-state index is 12.9. The fourth-order valence-corrected chi connectivity index (χ4v) is 3.25. The van der Waals surface area contributed by atoms with E-state index in [1.54, 1.807) is 17.0 Å². The molecule has 0 aromatic heterocycles. The molecule has 1 aliphatic heterocycles. The van der Waals surface area contributed by atoms with Crippen LogP contribution in [0.1, 0.15) is 37.0 Å². The number of benzene rings is 2. The first-order valence-electron chi connectivity index (χ1n) is 8.31. The standard InChI is InChI=1S/C19H22N2O3/c1-12(2)20-18(23)16-8-5-11-21(16)19(24)15-10-9-13-6-3-4-7-14(13)17(15)22/h3-4,6-7,9-10,12,16,22H,5,8,11H2,1-2H3,(H,20,23). The summed E-state index contributed by atoms with van der Waals surface area (Å²) in [5.41, 5.74) is 0.248. The lowest BCUT2D eigenvalue weighted by atomic mass is 10.0. The van der Waals surface area contributed by atoms with Gasteiger partial charge in [0.1, 0.15) is 11.8 Å². The lowest BCUT2D eigenvalue weighted by Gasteiger charge is -2.25. The molecule has 1 fully saturated rings. The highest BCUT2D eigenvalue weighted by atomic mass is 16.3. The first kappa shape index (κ1) is 16.3. The number of phenolic OH excluding ortho intramolecular Hbond substituents is 1. The highest BCUT2D eigenvalue weighted by Gasteiger charge is 2.35. The molecule has 3 rings (SSSR count). The molecule has 2 amide bonds. The van der Waals surface area contributed by atoms with Gasteiger partial charge in [-0.2, -0.15) is 0 Å². The van der Waals surface area contributed by atoms with E-state index in [1.807, 2.05) is 38.1 Å². The predicted octanol–water partition coefficient (Wildman–Crippen LogP) is 2.67. The third-order valence-corrected chi connectivity index (χ3v) is 4.38. The maximum atomic E-state index is 12.9. The van der Waals surface area contributed by atoms with Crippen LogP contribution in [0.25, 0.3) is 10.8 Å². The van der Waals surface area contributed by atoms with Gasteiger partial charge in [0.05, 0.1) is 5.56 Å². The van der Waals surface area contributed by atoms with Gasteiger partial charge in [0, 0.05) is 18.0 Å². The van der Waals surface area contributed by atoms with Crippen molar-refractivity contribution in [3.8, 4) is 5.75 Å². The van der Waals surface area contributed by atoms with Crippen LogP contribution in [0.2, 0.25) is 0 Å². The van der Waals surface area contributed by atoms with Gasteiger partial charge in [-0.25, -0.2) is 0 Å². The summed E-state index contributed by atoms with van der Waals surface area (Å²) < 4.78 is 0. The van der Waals surface area contributed by atoms with Gasteiger partial charge in [-0.15, -0.1) is 0 Å². The Morgan fingerprint density at radius 1 is 1.21 bits per heavy atom. The van der Waals surface area contributed by atoms with Crippen molar-refractivity contribution in [3.63, 3.8) is 0 Å². The Hall–Kier alpha value is -2.56. The molecule has 2 aromatic rings. The summed E-state index contributed by atoms with van der Waals surface area (Å²) in [5.74, 6) is -0.441. The number of hydrogen-bond acceptors (Lipinski definition) is 3. The fourth-order valence-electron chi connectivity index (χ4n) is 3.25. The third kappa shape index (κ3) is 2.94. The van der Waals surface area contributed by atoms with E-state index < -0.39 is 6.04 Å². The van der Waals surface area contributed by atoms with E-state index in [9.17, 15) is 14.7 Å². The molecule has 5 nitrogen and oxygen atoms in total. The summed E-state index contributed by atoms with van der Waals surface area (Å²) >= 11 is 0. The highest BCUT2D eigenvalue weighted by Crippen LogP contribution is 2.31. The van der Waals surface area contributed by atoms with E-state index in [0.717, 1.165) is 11.8 Å². The average molecular weight is 326 g/mol. The Balaban J connectivity index is 1.91. The molecule has 2 N–H and O–H groups in total. The molecule has 24 heavy (non-hydrogen) atoms. The van der Waals surface area contributed by atoms with Gasteiger partial charge in [0.25, 0.3) is 5.91 Å². The lowest BCUT2D eigenvalue weighted by molar-refractivity contribution is -0.125. The number of likely N-dealkylation sites (tertiary alicyclic amines) is 1. The molecule has 126 valence electrons. The van der Waals surface area contributed by atoms with Crippen LogP contribution < -0.4 is 5.32 Å². The van der Waals surface area contributed by atoms with Crippen LogP contribution in [0, 0.1) is 0 Å². The molecule has 1 heterocycles. The highest BCUT2D eigenvalue weighted by molar-refractivity contribution is 6.05. The number of phenols is 1. The molecule has 1 unspecified atom stereocenters. The van der Waals surface area contributed by atoms with E-state index in [1.165, 1.54) is 0 Å². The van der Waals surface area contributed by atoms with E-state index >= 15 is 0 Å². The van der Waals surface area contributed by atoms with Crippen molar-refractivity contribution >= 4 is 22.6 Å². The third-order valence-electron chi connectivity index (χ3n) is 4.38. The van der Waals surface area contributed by atoms with Crippen LogP contribution in [-0.2, 0) is 4.79 Å². The average Bonchev–Trinajstić information content (AvgIpc) is 3.04. The van der Waals surface area contributed by atoms with Gasteiger partial charge in [-0.05, 0) is 38.1 Å². The zero-order valence-electron chi connectivity index (χ0n) is 14.0. The van der Waals surface area contributed by atoms with E-state index in [2.05, 4.69) is 5.32 Å². The fraction of sp³-hybridized carbons (Fsp3) is 0.368. The van der Waals surface area contributed by atoms with Crippen molar-refractivity contribution in [2.24, 2.45) is 0 Å². The predicted molar refractivity (Wildman–Crippen MR) is 93.0 cm³/mol. The number of hydrogen-bond donors (Lipinski definition) is 2. The summed E-state index contributed by atoms with van der Waals surface area (Å²) in [4.78, 5) is 26.8. The van der Waals surface area contributed by atoms with Gasteiger partial charge < -0.3 is 15.3 Å². The Morgan fingerprint density at radius 2 is 1.96 bits per heavy atom. The van der Waals surface area contributed by atoms with Gasteiger partial charge >= 0.3 is 0 Å². The molecule has 1 atom stereocenters. The zero-order chi connectivity index (χ0) is 17.3. The van der Waals surface area contributed by atoms with E-state index in [-0.39, 0.29) is 29.2 Å². The number of fused-ring (bicyclic) bond motifs is 1. The summed E-state index contributed by atoms with van der Waals surface area (Å²) in [5, 5.41) is 14.9. The molecular weight excluding hydrogens is 304 g/mol. The molecule has 5 heteroatoms. The van der Waals surface area contributed by atoms with Crippen molar-refractivity contribution in [2.45, 2.75) is 38.8 Å². The van der Waals surface area contributed by atoms with Crippen molar-refractivity contribution in [2.75, 3.05) is 6.54 Å². The monoisotopic (exact) mass is 326 g/mol. The Bertz CT molecular complexity index is 785. The Kier molecular flexibility index (Phi) is 4.42. The normalized spacial score (nSPS) is 17.5. The summed E-state index contributed by atoms with van der Waals surface area (Å²) in [6, 6.07) is 10.4. The number of nitrogens with one attached hydrogen (secondary N) is 1. The molecule has 0 radical (unpaired) electrons. The largest absolute Gasteiger partial charge is 0.506 e. The molecule has 0 aliphatic carbocycles. The minimum Gasteiger partial charge on any atom is -0.506 e. The number of aromatic hydroxyl groups is 1. The smallest absolute Gasteiger partial charge is 0.258 e. The summed E-state index contributed by atoms with van der Waals surface area (Å²) in [7, 11) is 0. The van der Waals surface area contributed by atoms with Crippen LogP contribution >= 0.6 is 0 Å². The summed E-state index contributed by atoms with van der Waals surface area (Å²) in [6.07, 6.45) is 1.44. The molecule has 0 bridgehead atoms. The number of amides is 2. The van der Waals surface area contributed by atoms with Crippen molar-refractivity contribution in [3.05, 3.63) is 42.0 Å². The van der Waals surface area contributed by atoms with Crippen molar-refractivity contribution in [1.29, 1.82) is 0 Å². The Labute approximate surface area is 141 Å². The SMILES string of the molecule is CC(C)NC(=O)C1CCCN1C(=O)c1ccc2ccccc2c1O. The van der Waals surface area contributed by atoms with E-state index in [4.69, 9.17) is 0 Å². The van der Waals surface area contributed by atoms with Crippen LogP contribution in [0.4, 0.5) is 0 Å². The second-order valence-corrected chi connectivity index (χ2v) is 6.50. The first-order chi connectivity index (χ1) is 11.5.